The minimum atomic E-state index is -3.05. The van der Waals surface area contributed by atoms with Gasteiger partial charge in [0, 0.05) is 12.8 Å². The standard InChI is InChI=1S/C15H29O4P/c1-3-18-20(17,19-4-2)13-12-15(16)11-10-14-8-6-5-7-9-14/h14H,3-13H2,1-2H3. The molecular weight excluding hydrogens is 275 g/mol. The van der Waals surface area contributed by atoms with E-state index in [0.717, 1.165) is 12.3 Å². The predicted octanol–water partition coefficient (Wildman–Crippen LogP) is 4.57. The summed E-state index contributed by atoms with van der Waals surface area (Å²) in [5, 5.41) is 0. The zero-order valence-electron chi connectivity index (χ0n) is 12.9. The topological polar surface area (TPSA) is 52.6 Å². The molecule has 0 heterocycles. The number of rotatable bonds is 10. The number of carbonyl (C=O) groups is 1. The Morgan fingerprint density at radius 1 is 1.05 bits per heavy atom. The quantitative estimate of drug-likeness (QED) is 0.555. The van der Waals surface area contributed by atoms with Crippen LogP contribution in [0.4, 0.5) is 0 Å². The maximum Gasteiger partial charge on any atom is 0.331 e. The van der Waals surface area contributed by atoms with Gasteiger partial charge in [0.2, 0.25) is 0 Å². The number of ketones is 1. The van der Waals surface area contributed by atoms with Crippen molar-refractivity contribution < 1.29 is 18.4 Å². The summed E-state index contributed by atoms with van der Waals surface area (Å²) in [4.78, 5) is 11.9. The van der Waals surface area contributed by atoms with Crippen LogP contribution in [0.5, 0.6) is 0 Å². The molecule has 1 aliphatic carbocycles. The van der Waals surface area contributed by atoms with Crippen LogP contribution in [0.1, 0.15) is 65.2 Å². The van der Waals surface area contributed by atoms with E-state index in [1.807, 2.05) is 0 Å². The molecular formula is C15H29O4P. The molecule has 0 N–H and O–H groups in total. The predicted molar refractivity (Wildman–Crippen MR) is 81.2 cm³/mol. The van der Waals surface area contributed by atoms with Crippen molar-refractivity contribution in [2.75, 3.05) is 19.4 Å². The van der Waals surface area contributed by atoms with Crippen molar-refractivity contribution in [3.8, 4) is 0 Å². The smallest absolute Gasteiger partial charge is 0.309 e. The van der Waals surface area contributed by atoms with Crippen LogP contribution >= 0.6 is 7.60 Å². The third-order valence-corrected chi connectivity index (χ3v) is 5.95. The molecule has 0 saturated heterocycles. The van der Waals surface area contributed by atoms with E-state index in [4.69, 9.17) is 9.05 Å². The maximum absolute atomic E-state index is 12.2. The fourth-order valence-electron chi connectivity index (χ4n) is 2.79. The molecule has 1 aliphatic rings. The average molecular weight is 304 g/mol. The van der Waals surface area contributed by atoms with Crippen LogP contribution in [-0.2, 0) is 18.4 Å². The van der Waals surface area contributed by atoms with Crippen LogP contribution in [0.25, 0.3) is 0 Å². The van der Waals surface area contributed by atoms with Crippen LogP contribution in [-0.4, -0.2) is 25.2 Å². The number of hydrogen-bond donors (Lipinski definition) is 0. The molecule has 0 bridgehead atoms. The number of hydrogen-bond acceptors (Lipinski definition) is 4. The molecule has 0 radical (unpaired) electrons. The van der Waals surface area contributed by atoms with Gasteiger partial charge in [0.15, 0.2) is 0 Å². The average Bonchev–Trinajstić information content (AvgIpc) is 2.45. The third-order valence-electron chi connectivity index (χ3n) is 3.87. The first-order valence-corrected chi connectivity index (χ1v) is 9.72. The molecule has 0 spiro atoms. The number of Topliss-reactive ketones (excluding diaryl/α,β-unsaturated/α-hetero) is 1. The lowest BCUT2D eigenvalue weighted by molar-refractivity contribution is -0.119. The van der Waals surface area contributed by atoms with Gasteiger partial charge in [0.1, 0.15) is 5.78 Å². The Hall–Kier alpha value is -0.180. The molecule has 0 aromatic rings. The molecule has 0 aromatic heterocycles. The summed E-state index contributed by atoms with van der Waals surface area (Å²) in [7, 11) is -3.05. The molecule has 4 nitrogen and oxygen atoms in total. The molecule has 0 aliphatic heterocycles. The van der Waals surface area contributed by atoms with Crippen LogP contribution < -0.4 is 0 Å². The second kappa shape index (κ2) is 9.70. The molecule has 118 valence electrons. The fraction of sp³-hybridized carbons (Fsp3) is 0.933. The highest BCUT2D eigenvalue weighted by atomic mass is 31.2. The van der Waals surface area contributed by atoms with E-state index < -0.39 is 7.60 Å². The highest BCUT2D eigenvalue weighted by Crippen LogP contribution is 2.48. The fourth-order valence-corrected chi connectivity index (χ4v) is 4.43. The first kappa shape index (κ1) is 17.9. The van der Waals surface area contributed by atoms with Gasteiger partial charge in [-0.05, 0) is 26.2 Å². The minimum Gasteiger partial charge on any atom is -0.309 e. The van der Waals surface area contributed by atoms with Gasteiger partial charge in [-0.25, -0.2) is 0 Å². The van der Waals surface area contributed by atoms with Crippen molar-refractivity contribution >= 4 is 13.4 Å². The van der Waals surface area contributed by atoms with Gasteiger partial charge in [-0.2, -0.15) is 0 Å². The largest absolute Gasteiger partial charge is 0.331 e. The first-order valence-electron chi connectivity index (χ1n) is 7.99. The number of carbonyl (C=O) groups excluding carboxylic acids is 1. The summed E-state index contributed by atoms with van der Waals surface area (Å²) in [5.74, 6) is 0.911. The Bertz CT molecular complexity index is 314. The zero-order valence-corrected chi connectivity index (χ0v) is 13.8. The van der Waals surface area contributed by atoms with Gasteiger partial charge in [-0.1, -0.05) is 32.1 Å². The summed E-state index contributed by atoms with van der Waals surface area (Å²) in [6.45, 7) is 4.29. The SMILES string of the molecule is CCOP(=O)(CCC(=O)CCC1CCCCC1)OCC. The van der Waals surface area contributed by atoms with E-state index in [9.17, 15) is 9.36 Å². The molecule has 5 heteroatoms. The Morgan fingerprint density at radius 3 is 2.20 bits per heavy atom. The van der Waals surface area contributed by atoms with E-state index in [0.29, 0.717) is 26.1 Å². The summed E-state index contributed by atoms with van der Waals surface area (Å²) >= 11 is 0. The summed E-state index contributed by atoms with van der Waals surface area (Å²) < 4.78 is 22.6. The van der Waals surface area contributed by atoms with Crippen molar-refractivity contribution in [1.82, 2.24) is 0 Å². The minimum absolute atomic E-state index is 0.190. The zero-order chi connectivity index (χ0) is 14.8. The molecule has 0 aromatic carbocycles. The van der Waals surface area contributed by atoms with Crippen LogP contribution in [0.3, 0.4) is 0 Å². The molecule has 20 heavy (non-hydrogen) atoms. The Morgan fingerprint density at radius 2 is 1.65 bits per heavy atom. The second-order valence-corrected chi connectivity index (χ2v) is 7.69. The molecule has 0 amide bonds. The van der Waals surface area contributed by atoms with Crippen LogP contribution in [0, 0.1) is 5.92 Å². The third kappa shape index (κ3) is 7.01. The lowest BCUT2D eigenvalue weighted by Crippen LogP contribution is -2.10. The van der Waals surface area contributed by atoms with Gasteiger partial charge < -0.3 is 9.05 Å². The molecule has 1 saturated carbocycles. The lowest BCUT2D eigenvalue weighted by atomic mass is 9.85. The van der Waals surface area contributed by atoms with Gasteiger partial charge in [-0.3, -0.25) is 9.36 Å². The Labute approximate surface area is 123 Å². The highest BCUT2D eigenvalue weighted by Gasteiger charge is 2.24. The van der Waals surface area contributed by atoms with Gasteiger partial charge in [-0.15, -0.1) is 0 Å². The van der Waals surface area contributed by atoms with E-state index in [1.54, 1.807) is 13.8 Å². The van der Waals surface area contributed by atoms with Crippen LogP contribution in [0.15, 0.2) is 0 Å². The van der Waals surface area contributed by atoms with Crippen molar-refractivity contribution in [2.24, 2.45) is 5.92 Å². The van der Waals surface area contributed by atoms with E-state index in [-0.39, 0.29) is 11.9 Å². The van der Waals surface area contributed by atoms with Gasteiger partial charge in [0.25, 0.3) is 0 Å². The molecule has 1 rings (SSSR count). The van der Waals surface area contributed by atoms with Crippen molar-refractivity contribution in [3.63, 3.8) is 0 Å². The normalized spacial score (nSPS) is 17.3. The summed E-state index contributed by atoms with van der Waals surface area (Å²) in [6.07, 6.45) is 8.63. The van der Waals surface area contributed by atoms with Crippen molar-refractivity contribution in [2.45, 2.75) is 65.2 Å². The highest BCUT2D eigenvalue weighted by molar-refractivity contribution is 7.53. The summed E-state index contributed by atoms with van der Waals surface area (Å²) in [5.41, 5.74) is 0. The van der Waals surface area contributed by atoms with Crippen LogP contribution in [0.2, 0.25) is 0 Å². The first-order chi connectivity index (χ1) is 9.59. The van der Waals surface area contributed by atoms with Gasteiger partial charge in [0.05, 0.1) is 19.4 Å². The van der Waals surface area contributed by atoms with Gasteiger partial charge >= 0.3 is 7.60 Å². The van der Waals surface area contributed by atoms with E-state index in [2.05, 4.69) is 0 Å². The maximum atomic E-state index is 12.2. The van der Waals surface area contributed by atoms with E-state index >= 15 is 0 Å². The lowest BCUT2D eigenvalue weighted by Gasteiger charge is -2.21. The molecule has 0 atom stereocenters. The Kier molecular flexibility index (Phi) is 8.67. The summed E-state index contributed by atoms with van der Waals surface area (Å²) in [6, 6.07) is 0. The monoisotopic (exact) mass is 304 g/mol. The van der Waals surface area contributed by atoms with Crippen molar-refractivity contribution in [3.05, 3.63) is 0 Å². The van der Waals surface area contributed by atoms with E-state index in [1.165, 1.54) is 32.1 Å². The van der Waals surface area contributed by atoms with Crippen molar-refractivity contribution in [1.29, 1.82) is 0 Å². The Balaban J connectivity index is 2.24. The molecule has 0 unspecified atom stereocenters. The second-order valence-electron chi connectivity index (χ2n) is 5.50. The molecule has 1 fully saturated rings.